The molecule has 2 unspecified atom stereocenters. The van der Waals surface area contributed by atoms with Crippen LogP contribution in [0.1, 0.15) is 37.4 Å². The Hall–Kier alpha value is -2.15. The summed E-state index contributed by atoms with van der Waals surface area (Å²) >= 11 is 1.61. The van der Waals surface area contributed by atoms with Crippen molar-refractivity contribution in [3.8, 4) is 5.75 Å². The van der Waals surface area contributed by atoms with Gasteiger partial charge in [0.15, 0.2) is 17.4 Å². The van der Waals surface area contributed by atoms with Crippen molar-refractivity contribution >= 4 is 18.2 Å². The van der Waals surface area contributed by atoms with Crippen molar-refractivity contribution in [3.63, 3.8) is 0 Å². The topological polar surface area (TPSA) is 48.4 Å². The number of pyridine rings is 1. The number of carbonyl (C=O) groups excluding carboxylic acids is 1. The number of thioether (sulfide) groups is 1. The molecule has 0 saturated heterocycles. The van der Waals surface area contributed by atoms with Gasteiger partial charge in [-0.05, 0) is 36.2 Å². The average Bonchev–Trinajstić information content (AvgIpc) is 3.33. The van der Waals surface area contributed by atoms with Crippen molar-refractivity contribution in [1.29, 1.82) is 0 Å². The van der Waals surface area contributed by atoms with Crippen LogP contribution in [0.5, 0.6) is 5.75 Å². The molecular formula is C19H19F2NO3S. The molecule has 1 fully saturated rings. The monoisotopic (exact) mass is 379 g/mol. The molecule has 0 bridgehead atoms. The second-order valence-electron chi connectivity index (χ2n) is 6.35. The maximum absolute atomic E-state index is 14.3. The summed E-state index contributed by atoms with van der Waals surface area (Å²) in [5.41, 5.74) is 1.06. The molecule has 3 rings (SSSR count). The molecule has 0 N–H and O–H groups in total. The van der Waals surface area contributed by atoms with Crippen molar-refractivity contribution in [1.82, 2.24) is 4.98 Å². The highest BCUT2D eigenvalue weighted by molar-refractivity contribution is 7.99. The fourth-order valence-corrected chi connectivity index (χ4v) is 3.48. The Labute approximate surface area is 154 Å². The van der Waals surface area contributed by atoms with Gasteiger partial charge in [0.25, 0.3) is 6.47 Å². The predicted octanol–water partition coefficient (Wildman–Crippen LogP) is 4.47. The van der Waals surface area contributed by atoms with E-state index < -0.39 is 17.4 Å². The van der Waals surface area contributed by atoms with Crippen molar-refractivity contribution in [2.24, 2.45) is 0 Å². The lowest BCUT2D eigenvalue weighted by atomic mass is 10.1. The van der Waals surface area contributed by atoms with E-state index in [0.29, 0.717) is 29.4 Å². The standard InChI is InChI=1S/C19H19F2NO3S/c1-11(2)26-18-5-3-4-13(22-18)9-24-19-15(20)6-12(7-16(19)21)14-8-17(14)25-10-23/h3-7,10-11,14,17H,8-9H2,1-2H3. The fourth-order valence-electron chi connectivity index (χ4n) is 2.67. The van der Waals surface area contributed by atoms with Crippen molar-refractivity contribution in [3.05, 3.63) is 53.2 Å². The zero-order valence-electron chi connectivity index (χ0n) is 14.4. The molecule has 1 aliphatic carbocycles. The van der Waals surface area contributed by atoms with E-state index in [9.17, 15) is 13.6 Å². The quantitative estimate of drug-likeness (QED) is 0.500. The number of nitrogens with zero attached hydrogens (tertiary/aromatic N) is 1. The first kappa shape index (κ1) is 18.6. The summed E-state index contributed by atoms with van der Waals surface area (Å²) < 4.78 is 38.7. The van der Waals surface area contributed by atoms with Crippen molar-refractivity contribution in [2.75, 3.05) is 0 Å². The summed E-state index contributed by atoms with van der Waals surface area (Å²) in [6.07, 6.45) is 0.269. The Morgan fingerprint density at radius 3 is 2.69 bits per heavy atom. The molecule has 0 spiro atoms. The lowest BCUT2D eigenvalue weighted by Gasteiger charge is -2.11. The van der Waals surface area contributed by atoms with E-state index in [-0.39, 0.29) is 18.6 Å². The van der Waals surface area contributed by atoms with Crippen LogP contribution in [0.3, 0.4) is 0 Å². The molecule has 2 aromatic rings. The number of halogens is 2. The largest absolute Gasteiger partial charge is 0.481 e. The Morgan fingerprint density at radius 1 is 1.31 bits per heavy atom. The highest BCUT2D eigenvalue weighted by atomic mass is 32.2. The molecule has 26 heavy (non-hydrogen) atoms. The van der Waals surface area contributed by atoms with Gasteiger partial charge in [-0.3, -0.25) is 4.79 Å². The first-order chi connectivity index (χ1) is 12.5. The van der Waals surface area contributed by atoms with E-state index in [1.807, 2.05) is 12.1 Å². The van der Waals surface area contributed by atoms with Gasteiger partial charge in [0.2, 0.25) is 0 Å². The number of aromatic nitrogens is 1. The summed E-state index contributed by atoms with van der Waals surface area (Å²) in [6, 6.07) is 7.94. The molecule has 0 aliphatic heterocycles. The third-order valence-corrected chi connectivity index (χ3v) is 4.85. The van der Waals surface area contributed by atoms with Gasteiger partial charge in [-0.15, -0.1) is 11.8 Å². The second kappa shape index (κ2) is 8.03. The van der Waals surface area contributed by atoms with E-state index in [1.165, 1.54) is 12.1 Å². The van der Waals surface area contributed by atoms with Gasteiger partial charge in [0.05, 0.1) is 10.7 Å². The molecule has 1 saturated carbocycles. The van der Waals surface area contributed by atoms with Crippen molar-refractivity contribution in [2.45, 2.75) is 49.2 Å². The minimum atomic E-state index is -0.774. The molecule has 1 aliphatic rings. The predicted molar refractivity (Wildman–Crippen MR) is 94.2 cm³/mol. The lowest BCUT2D eigenvalue weighted by Crippen LogP contribution is -2.04. The SMILES string of the molecule is CC(C)Sc1cccc(COc2c(F)cc(C3CC3OC=O)cc2F)n1. The molecule has 4 nitrogen and oxygen atoms in total. The number of rotatable bonds is 8. The second-order valence-corrected chi connectivity index (χ2v) is 7.95. The van der Waals surface area contributed by atoms with Crippen LogP contribution in [0.25, 0.3) is 0 Å². The fraction of sp³-hybridized carbons (Fsp3) is 0.368. The van der Waals surface area contributed by atoms with Crippen LogP contribution in [-0.4, -0.2) is 22.8 Å². The Kier molecular flexibility index (Phi) is 5.76. The maximum Gasteiger partial charge on any atom is 0.293 e. The van der Waals surface area contributed by atoms with E-state index >= 15 is 0 Å². The highest BCUT2D eigenvalue weighted by Gasteiger charge is 2.41. The van der Waals surface area contributed by atoms with Crippen LogP contribution in [-0.2, 0) is 16.1 Å². The molecule has 1 heterocycles. The van der Waals surface area contributed by atoms with E-state index in [0.717, 1.165) is 5.03 Å². The van der Waals surface area contributed by atoms with Crippen LogP contribution in [0.15, 0.2) is 35.4 Å². The van der Waals surface area contributed by atoms with E-state index in [1.54, 1.807) is 17.8 Å². The molecular weight excluding hydrogens is 360 g/mol. The lowest BCUT2D eigenvalue weighted by molar-refractivity contribution is -0.129. The van der Waals surface area contributed by atoms with Crippen molar-refractivity contribution < 1.29 is 23.0 Å². The number of carbonyl (C=O) groups is 1. The molecule has 0 amide bonds. The minimum absolute atomic E-state index is 0.0278. The molecule has 1 aromatic carbocycles. The zero-order valence-corrected chi connectivity index (χ0v) is 15.3. The number of ether oxygens (including phenoxy) is 2. The van der Waals surface area contributed by atoms with E-state index in [2.05, 4.69) is 18.8 Å². The zero-order chi connectivity index (χ0) is 18.7. The number of hydrogen-bond donors (Lipinski definition) is 0. The van der Waals surface area contributed by atoms with Crippen LogP contribution in [0.4, 0.5) is 8.78 Å². The summed E-state index contributed by atoms with van der Waals surface area (Å²) in [6.45, 7) is 4.45. The Bertz CT molecular complexity index is 777. The van der Waals surface area contributed by atoms with Crippen LogP contribution < -0.4 is 4.74 Å². The average molecular weight is 379 g/mol. The van der Waals surface area contributed by atoms with Gasteiger partial charge in [0, 0.05) is 11.2 Å². The molecule has 1 aromatic heterocycles. The van der Waals surface area contributed by atoms with E-state index in [4.69, 9.17) is 9.47 Å². The third-order valence-electron chi connectivity index (χ3n) is 3.91. The van der Waals surface area contributed by atoms with Crippen LogP contribution >= 0.6 is 11.8 Å². The van der Waals surface area contributed by atoms with Gasteiger partial charge < -0.3 is 9.47 Å². The normalized spacial score (nSPS) is 18.7. The first-order valence-corrected chi connectivity index (χ1v) is 9.19. The van der Waals surface area contributed by atoms with Gasteiger partial charge in [-0.25, -0.2) is 13.8 Å². The maximum atomic E-state index is 14.3. The molecule has 7 heteroatoms. The summed E-state index contributed by atoms with van der Waals surface area (Å²) in [5.74, 6) is -2.13. The number of hydrogen-bond acceptors (Lipinski definition) is 5. The van der Waals surface area contributed by atoms with Gasteiger partial charge in [-0.1, -0.05) is 19.9 Å². The van der Waals surface area contributed by atoms with Crippen LogP contribution in [0, 0.1) is 11.6 Å². The molecule has 2 atom stereocenters. The molecule has 0 radical (unpaired) electrons. The summed E-state index contributed by atoms with van der Waals surface area (Å²) in [5, 5.41) is 1.22. The van der Waals surface area contributed by atoms with Gasteiger partial charge in [0.1, 0.15) is 12.7 Å². The number of benzene rings is 1. The van der Waals surface area contributed by atoms with Gasteiger partial charge >= 0.3 is 0 Å². The Morgan fingerprint density at radius 2 is 2.04 bits per heavy atom. The van der Waals surface area contributed by atoms with Gasteiger partial charge in [-0.2, -0.15) is 0 Å². The summed E-state index contributed by atoms with van der Waals surface area (Å²) in [7, 11) is 0. The smallest absolute Gasteiger partial charge is 0.293 e. The Balaban J connectivity index is 1.68. The highest BCUT2D eigenvalue weighted by Crippen LogP contribution is 2.44. The molecule has 138 valence electrons. The third kappa shape index (κ3) is 4.52. The first-order valence-electron chi connectivity index (χ1n) is 8.31. The minimum Gasteiger partial charge on any atom is -0.481 e. The summed E-state index contributed by atoms with van der Waals surface area (Å²) in [4.78, 5) is 14.7. The van der Waals surface area contributed by atoms with Crippen LogP contribution in [0.2, 0.25) is 0 Å².